The molecule has 58 valence electrons. The second-order valence-electron chi connectivity index (χ2n) is 2.77. The van der Waals surface area contributed by atoms with E-state index in [1.165, 1.54) is 0 Å². The van der Waals surface area contributed by atoms with Gasteiger partial charge in [0.15, 0.2) is 0 Å². The van der Waals surface area contributed by atoms with Crippen LogP contribution in [-0.2, 0) is 4.79 Å². The first kappa shape index (κ1) is 8.21. The Morgan fingerprint density at radius 3 is 3.10 bits per heavy atom. The van der Waals surface area contributed by atoms with Gasteiger partial charge in [0.05, 0.1) is 4.83 Å². The number of carbonyl (C=O) groups is 1. The molecule has 0 aliphatic carbocycles. The van der Waals surface area contributed by atoms with E-state index in [1.54, 1.807) is 0 Å². The van der Waals surface area contributed by atoms with Crippen molar-refractivity contribution >= 4 is 21.7 Å². The monoisotopic (exact) mass is 205 g/mol. The molecule has 1 heterocycles. The molecule has 3 heteroatoms. The standard InChI is InChI=1S/C7H12BrNO/c1-5-4-6(8)7(10)2-3-9-5/h5-6,9H,2-4H2,1H3. The summed E-state index contributed by atoms with van der Waals surface area (Å²) >= 11 is 3.35. The Bertz CT molecular complexity index is 138. The van der Waals surface area contributed by atoms with Crippen molar-refractivity contribution in [2.24, 2.45) is 0 Å². The number of Topliss-reactive ketones (excluding diaryl/α,β-unsaturated/α-hetero) is 1. The van der Waals surface area contributed by atoms with Gasteiger partial charge in [0, 0.05) is 19.0 Å². The number of ketones is 1. The van der Waals surface area contributed by atoms with E-state index in [4.69, 9.17) is 0 Å². The average Bonchev–Trinajstić information content (AvgIpc) is 1.96. The van der Waals surface area contributed by atoms with Gasteiger partial charge >= 0.3 is 0 Å². The van der Waals surface area contributed by atoms with Crippen molar-refractivity contribution in [2.45, 2.75) is 30.6 Å². The lowest BCUT2D eigenvalue weighted by Gasteiger charge is -2.09. The lowest BCUT2D eigenvalue weighted by molar-refractivity contribution is -0.118. The zero-order valence-electron chi connectivity index (χ0n) is 6.06. The summed E-state index contributed by atoms with van der Waals surface area (Å²) in [4.78, 5) is 11.2. The summed E-state index contributed by atoms with van der Waals surface area (Å²) in [5.74, 6) is 0.330. The molecular weight excluding hydrogens is 194 g/mol. The van der Waals surface area contributed by atoms with Gasteiger partial charge in [0.1, 0.15) is 5.78 Å². The van der Waals surface area contributed by atoms with Gasteiger partial charge in [0.2, 0.25) is 0 Å². The summed E-state index contributed by atoms with van der Waals surface area (Å²) < 4.78 is 0. The van der Waals surface area contributed by atoms with E-state index in [-0.39, 0.29) is 4.83 Å². The van der Waals surface area contributed by atoms with Gasteiger partial charge in [-0.25, -0.2) is 0 Å². The number of carbonyl (C=O) groups excluding carboxylic acids is 1. The zero-order chi connectivity index (χ0) is 7.56. The van der Waals surface area contributed by atoms with Gasteiger partial charge in [0.25, 0.3) is 0 Å². The highest BCUT2D eigenvalue weighted by molar-refractivity contribution is 9.10. The molecule has 1 fully saturated rings. The molecule has 0 bridgehead atoms. The molecule has 0 aromatic rings. The molecule has 0 aromatic carbocycles. The van der Waals surface area contributed by atoms with Crippen LogP contribution in [0.1, 0.15) is 19.8 Å². The Balaban J connectivity index is 2.49. The maximum absolute atomic E-state index is 11.1. The fraction of sp³-hybridized carbons (Fsp3) is 0.857. The van der Waals surface area contributed by atoms with Gasteiger partial charge in [-0.2, -0.15) is 0 Å². The van der Waals surface area contributed by atoms with E-state index in [0.29, 0.717) is 18.2 Å². The normalized spacial score (nSPS) is 35.6. The first-order valence-corrected chi connectivity index (χ1v) is 4.52. The van der Waals surface area contributed by atoms with Crippen LogP contribution in [0.15, 0.2) is 0 Å². The van der Waals surface area contributed by atoms with Crippen LogP contribution in [0.4, 0.5) is 0 Å². The van der Waals surface area contributed by atoms with E-state index < -0.39 is 0 Å². The Hall–Kier alpha value is 0.110. The maximum Gasteiger partial charge on any atom is 0.147 e. The van der Waals surface area contributed by atoms with Crippen molar-refractivity contribution < 1.29 is 4.79 Å². The Morgan fingerprint density at radius 1 is 1.70 bits per heavy atom. The maximum atomic E-state index is 11.1. The molecule has 10 heavy (non-hydrogen) atoms. The SMILES string of the molecule is CC1CC(Br)C(=O)CCN1. The minimum atomic E-state index is 0.0810. The zero-order valence-corrected chi connectivity index (χ0v) is 7.65. The Kier molecular flexibility index (Phi) is 2.86. The fourth-order valence-corrected chi connectivity index (χ4v) is 1.91. The number of hydrogen-bond acceptors (Lipinski definition) is 2. The third kappa shape index (κ3) is 2.06. The molecule has 1 aliphatic heterocycles. The van der Waals surface area contributed by atoms with Crippen LogP contribution in [-0.4, -0.2) is 23.2 Å². The van der Waals surface area contributed by atoms with E-state index >= 15 is 0 Å². The topological polar surface area (TPSA) is 29.1 Å². The first-order chi connectivity index (χ1) is 4.70. The number of hydrogen-bond donors (Lipinski definition) is 1. The van der Waals surface area contributed by atoms with Crippen molar-refractivity contribution in [1.82, 2.24) is 5.32 Å². The molecule has 0 amide bonds. The van der Waals surface area contributed by atoms with Crippen molar-refractivity contribution in [2.75, 3.05) is 6.54 Å². The average molecular weight is 206 g/mol. The Labute approximate surface area is 69.5 Å². The minimum absolute atomic E-state index is 0.0810. The van der Waals surface area contributed by atoms with E-state index in [9.17, 15) is 4.79 Å². The quantitative estimate of drug-likeness (QED) is 0.601. The van der Waals surface area contributed by atoms with Crippen molar-refractivity contribution in [3.8, 4) is 0 Å². The van der Waals surface area contributed by atoms with Crippen molar-refractivity contribution in [1.29, 1.82) is 0 Å². The van der Waals surface area contributed by atoms with Crippen LogP contribution < -0.4 is 5.32 Å². The third-order valence-corrected chi connectivity index (χ3v) is 2.66. The summed E-state index contributed by atoms with van der Waals surface area (Å²) in [5, 5.41) is 3.25. The van der Waals surface area contributed by atoms with Crippen LogP contribution in [0.25, 0.3) is 0 Å². The number of rotatable bonds is 0. The number of nitrogens with one attached hydrogen (secondary N) is 1. The second-order valence-corrected chi connectivity index (χ2v) is 3.88. The third-order valence-electron chi connectivity index (χ3n) is 1.77. The first-order valence-electron chi connectivity index (χ1n) is 3.60. The highest BCUT2D eigenvalue weighted by Gasteiger charge is 2.20. The molecule has 0 radical (unpaired) electrons. The molecule has 2 atom stereocenters. The van der Waals surface area contributed by atoms with Gasteiger partial charge in [-0.05, 0) is 13.3 Å². The summed E-state index contributed by atoms with van der Waals surface area (Å²) in [6.45, 7) is 2.94. The number of alkyl halides is 1. The molecule has 0 spiro atoms. The Morgan fingerprint density at radius 2 is 2.40 bits per heavy atom. The predicted octanol–water partition coefficient (Wildman–Crippen LogP) is 1.09. The van der Waals surface area contributed by atoms with Crippen LogP contribution >= 0.6 is 15.9 Å². The van der Waals surface area contributed by atoms with Gasteiger partial charge < -0.3 is 5.32 Å². The molecule has 2 nitrogen and oxygen atoms in total. The molecule has 1 saturated heterocycles. The lowest BCUT2D eigenvalue weighted by atomic mass is 10.1. The molecule has 0 saturated carbocycles. The van der Waals surface area contributed by atoms with Crippen molar-refractivity contribution in [3.63, 3.8) is 0 Å². The predicted molar refractivity (Wildman–Crippen MR) is 44.4 cm³/mol. The van der Waals surface area contributed by atoms with Crippen LogP contribution in [0.2, 0.25) is 0 Å². The largest absolute Gasteiger partial charge is 0.314 e. The van der Waals surface area contributed by atoms with Crippen molar-refractivity contribution in [3.05, 3.63) is 0 Å². The highest BCUT2D eigenvalue weighted by atomic mass is 79.9. The molecule has 2 unspecified atom stereocenters. The van der Waals surface area contributed by atoms with E-state index in [0.717, 1.165) is 13.0 Å². The molecule has 0 aromatic heterocycles. The summed E-state index contributed by atoms with van der Waals surface area (Å²) in [7, 11) is 0. The summed E-state index contributed by atoms with van der Waals surface area (Å²) in [6, 6.07) is 0.468. The van der Waals surface area contributed by atoms with Gasteiger partial charge in [-0.15, -0.1) is 0 Å². The minimum Gasteiger partial charge on any atom is -0.314 e. The second kappa shape index (κ2) is 3.49. The van der Waals surface area contributed by atoms with E-state index in [2.05, 4.69) is 28.2 Å². The van der Waals surface area contributed by atoms with Crippen LogP contribution in [0.5, 0.6) is 0 Å². The van der Waals surface area contributed by atoms with Crippen LogP contribution in [0.3, 0.4) is 0 Å². The van der Waals surface area contributed by atoms with E-state index in [1.807, 2.05) is 0 Å². The van der Waals surface area contributed by atoms with Crippen LogP contribution in [0, 0.1) is 0 Å². The number of halogens is 1. The lowest BCUT2D eigenvalue weighted by Crippen LogP contribution is -2.25. The smallest absolute Gasteiger partial charge is 0.147 e. The molecule has 1 aliphatic rings. The summed E-state index contributed by atoms with van der Waals surface area (Å²) in [5.41, 5.74) is 0. The highest BCUT2D eigenvalue weighted by Crippen LogP contribution is 2.13. The molecule has 1 rings (SSSR count). The molecular formula is C7H12BrNO. The summed E-state index contributed by atoms with van der Waals surface area (Å²) in [6.07, 6.45) is 1.58. The van der Waals surface area contributed by atoms with Gasteiger partial charge in [-0.3, -0.25) is 4.79 Å². The fourth-order valence-electron chi connectivity index (χ4n) is 1.12. The van der Waals surface area contributed by atoms with Gasteiger partial charge in [-0.1, -0.05) is 15.9 Å². The molecule has 1 N–H and O–H groups in total.